The van der Waals surface area contributed by atoms with E-state index in [-0.39, 0.29) is 6.42 Å². The minimum atomic E-state index is -0.837. The molecule has 140 valence electrons. The van der Waals surface area contributed by atoms with E-state index in [2.05, 4.69) is 10.9 Å². The molecule has 3 N–H and O–H groups in total. The maximum Gasteiger partial charge on any atom is 0.303 e. The minimum Gasteiger partial charge on any atom is -0.496 e. The molecule has 2 aromatic rings. The van der Waals surface area contributed by atoms with Gasteiger partial charge in [0.1, 0.15) is 17.2 Å². The van der Waals surface area contributed by atoms with E-state index in [9.17, 15) is 4.79 Å². The second-order valence-electron chi connectivity index (χ2n) is 5.50. The Morgan fingerprint density at radius 3 is 2.31 bits per heavy atom. The molecule has 2 aromatic carbocycles. The van der Waals surface area contributed by atoms with E-state index >= 15 is 0 Å². The highest BCUT2D eigenvalue weighted by Crippen LogP contribution is 2.34. The zero-order valence-electron chi connectivity index (χ0n) is 15.0. The average Bonchev–Trinajstić information content (AvgIpc) is 2.66. The van der Waals surface area contributed by atoms with Gasteiger partial charge in [-0.2, -0.15) is 0 Å². The molecule has 0 heterocycles. The maximum absolute atomic E-state index is 10.6. The third-order valence-corrected chi connectivity index (χ3v) is 3.66. The van der Waals surface area contributed by atoms with Crippen molar-refractivity contribution in [1.82, 2.24) is 5.43 Å². The highest BCUT2D eigenvalue weighted by molar-refractivity contribution is 5.66. The first-order chi connectivity index (χ1) is 12.6. The topological polar surface area (TPSA) is 89.1 Å². The lowest BCUT2D eigenvalue weighted by Crippen LogP contribution is -2.21. The van der Waals surface area contributed by atoms with E-state index in [1.165, 1.54) is 0 Å². The van der Waals surface area contributed by atoms with Gasteiger partial charge in [0.25, 0.3) is 0 Å². The molecular weight excluding hydrogens is 336 g/mol. The highest BCUT2D eigenvalue weighted by atomic mass is 16.5. The number of rotatable bonds is 11. The van der Waals surface area contributed by atoms with Crippen molar-refractivity contribution in [3.05, 3.63) is 48.0 Å². The Balaban J connectivity index is 2.01. The molecule has 7 nitrogen and oxygen atoms in total. The Bertz CT molecular complexity index is 681. The van der Waals surface area contributed by atoms with Gasteiger partial charge in [-0.3, -0.25) is 4.79 Å². The Hall–Kier alpha value is -2.93. The molecule has 0 amide bonds. The molecule has 0 fully saturated rings. The number of ether oxygens (including phenoxy) is 3. The van der Waals surface area contributed by atoms with Crippen LogP contribution in [0.4, 0.5) is 5.69 Å². The lowest BCUT2D eigenvalue weighted by Gasteiger charge is -2.17. The predicted molar refractivity (Wildman–Crippen MR) is 98.8 cm³/mol. The Morgan fingerprint density at radius 1 is 1.08 bits per heavy atom. The molecule has 0 saturated carbocycles. The average molecular weight is 360 g/mol. The first kappa shape index (κ1) is 19.4. The molecular formula is C19H24N2O5. The maximum atomic E-state index is 10.6. The van der Waals surface area contributed by atoms with Crippen LogP contribution < -0.4 is 25.1 Å². The number of nitrogens with one attached hydrogen (secondary N) is 2. The number of para-hydroxylation sites is 1. The van der Waals surface area contributed by atoms with Gasteiger partial charge in [0.05, 0.1) is 26.4 Å². The first-order valence-electron chi connectivity index (χ1n) is 8.27. The third-order valence-electron chi connectivity index (χ3n) is 3.66. The van der Waals surface area contributed by atoms with Crippen molar-refractivity contribution in [1.29, 1.82) is 0 Å². The van der Waals surface area contributed by atoms with E-state index < -0.39 is 5.97 Å². The normalized spacial score (nSPS) is 10.2. The SMILES string of the molecule is COc1cc(OCCCC(=O)O)cc(OC)c1CNNc1ccccc1. The van der Waals surface area contributed by atoms with Crippen LogP contribution in [0.5, 0.6) is 17.2 Å². The van der Waals surface area contributed by atoms with Crippen LogP contribution in [0.25, 0.3) is 0 Å². The van der Waals surface area contributed by atoms with Crippen molar-refractivity contribution >= 4 is 11.7 Å². The summed E-state index contributed by atoms with van der Waals surface area (Å²) in [6.07, 6.45) is 0.506. The highest BCUT2D eigenvalue weighted by Gasteiger charge is 2.13. The Labute approximate surface area is 152 Å². The zero-order chi connectivity index (χ0) is 18.8. The first-order valence-corrected chi connectivity index (χ1v) is 8.27. The fourth-order valence-corrected chi connectivity index (χ4v) is 2.39. The van der Waals surface area contributed by atoms with Crippen molar-refractivity contribution in [2.45, 2.75) is 19.4 Å². The van der Waals surface area contributed by atoms with Gasteiger partial charge in [-0.25, -0.2) is 5.43 Å². The van der Waals surface area contributed by atoms with Crippen molar-refractivity contribution in [2.75, 3.05) is 26.3 Å². The number of carboxylic acid groups (broad SMARTS) is 1. The standard InChI is InChI=1S/C19H24N2O5/c1-24-17-11-15(26-10-6-9-19(22)23)12-18(25-2)16(17)13-20-21-14-7-4-3-5-8-14/h3-5,7-8,11-12,20-21H,6,9-10,13H2,1-2H3,(H,22,23). The lowest BCUT2D eigenvalue weighted by atomic mass is 10.1. The van der Waals surface area contributed by atoms with Crippen LogP contribution in [-0.4, -0.2) is 31.9 Å². The van der Waals surface area contributed by atoms with Crippen LogP contribution in [0.3, 0.4) is 0 Å². The summed E-state index contributed by atoms with van der Waals surface area (Å²) in [5.74, 6) is 0.986. The van der Waals surface area contributed by atoms with Gasteiger partial charge in [0.15, 0.2) is 0 Å². The largest absolute Gasteiger partial charge is 0.496 e. The number of methoxy groups -OCH3 is 2. The molecule has 0 spiro atoms. The number of hydrogen-bond acceptors (Lipinski definition) is 6. The monoisotopic (exact) mass is 360 g/mol. The number of benzene rings is 2. The fraction of sp³-hybridized carbons (Fsp3) is 0.316. The van der Waals surface area contributed by atoms with Crippen molar-refractivity contribution in [3.8, 4) is 17.2 Å². The summed E-state index contributed by atoms with van der Waals surface area (Å²) in [5, 5.41) is 8.67. The second-order valence-corrected chi connectivity index (χ2v) is 5.50. The molecule has 0 saturated heterocycles. The van der Waals surface area contributed by atoms with Gasteiger partial charge in [-0.05, 0) is 18.6 Å². The molecule has 0 atom stereocenters. The molecule has 0 aromatic heterocycles. The number of anilines is 1. The molecule has 7 heteroatoms. The van der Waals surface area contributed by atoms with E-state index in [0.717, 1.165) is 11.3 Å². The molecule has 0 aliphatic carbocycles. The number of hydrazine groups is 1. The van der Waals surface area contributed by atoms with E-state index in [1.807, 2.05) is 30.3 Å². The van der Waals surface area contributed by atoms with Gasteiger partial charge in [-0.15, -0.1) is 0 Å². The predicted octanol–water partition coefficient (Wildman–Crippen LogP) is 3.06. The second kappa shape index (κ2) is 10.1. The third kappa shape index (κ3) is 5.86. The fourth-order valence-electron chi connectivity index (χ4n) is 2.39. The van der Waals surface area contributed by atoms with Crippen LogP contribution in [0, 0.1) is 0 Å². The molecule has 0 aliphatic rings. The molecule has 0 unspecified atom stereocenters. The Morgan fingerprint density at radius 2 is 1.73 bits per heavy atom. The quantitative estimate of drug-likeness (QED) is 0.419. The molecule has 0 aliphatic heterocycles. The summed E-state index contributed by atoms with van der Waals surface area (Å²) < 4.78 is 16.5. The smallest absolute Gasteiger partial charge is 0.303 e. The van der Waals surface area contributed by atoms with Crippen LogP contribution in [0.2, 0.25) is 0 Å². The Kier molecular flexibility index (Phi) is 7.57. The zero-order valence-corrected chi connectivity index (χ0v) is 15.0. The van der Waals surface area contributed by atoms with Crippen LogP contribution >= 0.6 is 0 Å². The van der Waals surface area contributed by atoms with Crippen molar-refractivity contribution < 1.29 is 24.1 Å². The van der Waals surface area contributed by atoms with Gasteiger partial charge in [-0.1, -0.05) is 18.2 Å². The summed E-state index contributed by atoms with van der Waals surface area (Å²) in [7, 11) is 3.16. The van der Waals surface area contributed by atoms with Crippen molar-refractivity contribution in [3.63, 3.8) is 0 Å². The summed E-state index contributed by atoms with van der Waals surface area (Å²) >= 11 is 0. The number of aliphatic carboxylic acids is 1. The van der Waals surface area contributed by atoms with Gasteiger partial charge in [0, 0.05) is 30.8 Å². The summed E-state index contributed by atoms with van der Waals surface area (Å²) in [6.45, 7) is 0.784. The summed E-state index contributed by atoms with van der Waals surface area (Å²) in [5.41, 5.74) is 8.04. The van der Waals surface area contributed by atoms with Crippen molar-refractivity contribution in [2.24, 2.45) is 0 Å². The summed E-state index contributed by atoms with van der Waals surface area (Å²) in [6, 6.07) is 13.3. The molecule has 2 rings (SSSR count). The minimum absolute atomic E-state index is 0.0709. The van der Waals surface area contributed by atoms with Gasteiger partial charge < -0.3 is 24.7 Å². The van der Waals surface area contributed by atoms with E-state index in [1.54, 1.807) is 26.4 Å². The van der Waals surface area contributed by atoms with E-state index in [4.69, 9.17) is 19.3 Å². The number of hydrogen-bond donors (Lipinski definition) is 3. The van der Waals surface area contributed by atoms with Gasteiger partial charge in [0.2, 0.25) is 0 Å². The van der Waals surface area contributed by atoms with Crippen LogP contribution in [0.15, 0.2) is 42.5 Å². The molecule has 26 heavy (non-hydrogen) atoms. The molecule has 0 bridgehead atoms. The van der Waals surface area contributed by atoms with E-state index in [0.29, 0.717) is 36.8 Å². The van der Waals surface area contributed by atoms with Gasteiger partial charge >= 0.3 is 5.97 Å². The van der Waals surface area contributed by atoms with Crippen LogP contribution in [-0.2, 0) is 11.3 Å². The summed E-state index contributed by atoms with van der Waals surface area (Å²) in [4.78, 5) is 10.6. The van der Waals surface area contributed by atoms with Crippen LogP contribution in [0.1, 0.15) is 18.4 Å². The number of carboxylic acids is 1. The number of carbonyl (C=O) groups is 1. The molecule has 0 radical (unpaired) electrons. The lowest BCUT2D eigenvalue weighted by molar-refractivity contribution is -0.137.